The largest absolute Gasteiger partial charge is 0.382 e. The van der Waals surface area contributed by atoms with Crippen molar-refractivity contribution in [3.05, 3.63) is 30.0 Å². The van der Waals surface area contributed by atoms with E-state index in [-0.39, 0.29) is 0 Å². The highest BCUT2D eigenvalue weighted by atomic mass is 16.5. The molecule has 0 aliphatic carbocycles. The zero-order chi connectivity index (χ0) is 14.4. The van der Waals surface area contributed by atoms with Gasteiger partial charge in [0.15, 0.2) is 0 Å². The highest BCUT2D eigenvalue weighted by Gasteiger charge is 2.13. The summed E-state index contributed by atoms with van der Waals surface area (Å²) in [5.41, 5.74) is 2.38. The fraction of sp³-hybridized carbons (Fsp3) is 0.562. The molecule has 0 saturated carbocycles. The highest BCUT2D eigenvalue weighted by Crippen LogP contribution is 2.19. The van der Waals surface area contributed by atoms with Gasteiger partial charge in [-0.25, -0.2) is 0 Å². The molecule has 1 N–H and O–H groups in total. The number of benzene rings is 1. The van der Waals surface area contributed by atoms with Crippen LogP contribution in [0.15, 0.2) is 24.3 Å². The van der Waals surface area contributed by atoms with Gasteiger partial charge in [0.2, 0.25) is 0 Å². The smallest absolute Gasteiger partial charge is 0.0718 e. The summed E-state index contributed by atoms with van der Waals surface area (Å²) in [6.07, 6.45) is 3.16. The van der Waals surface area contributed by atoms with Crippen molar-refractivity contribution in [2.24, 2.45) is 7.05 Å². The van der Waals surface area contributed by atoms with E-state index in [9.17, 15) is 0 Å². The molecule has 0 amide bonds. The summed E-state index contributed by atoms with van der Waals surface area (Å²) in [4.78, 5) is 0. The van der Waals surface area contributed by atoms with Crippen LogP contribution in [0.5, 0.6) is 0 Å². The second-order valence-electron chi connectivity index (χ2n) is 5.12. The maximum Gasteiger partial charge on any atom is 0.0718 e. The Morgan fingerprint density at radius 3 is 2.90 bits per heavy atom. The van der Waals surface area contributed by atoms with Crippen LogP contribution >= 0.6 is 0 Å². The van der Waals surface area contributed by atoms with Crippen molar-refractivity contribution in [1.29, 1.82) is 0 Å². The van der Waals surface area contributed by atoms with E-state index >= 15 is 0 Å². The normalized spacial score (nSPS) is 12.9. The van der Waals surface area contributed by atoms with Crippen LogP contribution in [0.25, 0.3) is 10.9 Å². The summed E-state index contributed by atoms with van der Waals surface area (Å²) in [5.74, 6) is 0. The molecular formula is C16H25N3O. The second kappa shape index (κ2) is 7.41. The van der Waals surface area contributed by atoms with E-state index in [0.29, 0.717) is 6.04 Å². The number of aromatic nitrogens is 2. The zero-order valence-corrected chi connectivity index (χ0v) is 12.7. The van der Waals surface area contributed by atoms with Gasteiger partial charge in [0.05, 0.1) is 11.2 Å². The number of rotatable bonds is 8. The summed E-state index contributed by atoms with van der Waals surface area (Å²) in [5, 5.41) is 9.33. The molecule has 1 heterocycles. The van der Waals surface area contributed by atoms with Crippen LogP contribution in [0.3, 0.4) is 0 Å². The van der Waals surface area contributed by atoms with Crippen LogP contribution in [0.1, 0.15) is 25.5 Å². The minimum Gasteiger partial charge on any atom is -0.382 e. The number of likely N-dealkylation sites (N-methyl/N-ethyl adjacent to an activating group) is 1. The molecule has 1 unspecified atom stereocenters. The van der Waals surface area contributed by atoms with Crippen molar-refractivity contribution in [2.75, 3.05) is 20.3 Å². The second-order valence-corrected chi connectivity index (χ2v) is 5.12. The summed E-state index contributed by atoms with van der Waals surface area (Å²) in [6, 6.07) is 8.87. The van der Waals surface area contributed by atoms with E-state index in [1.165, 1.54) is 16.6 Å². The fourth-order valence-corrected chi connectivity index (χ4v) is 2.60. The Labute approximate surface area is 121 Å². The predicted octanol–water partition coefficient (Wildman–Crippen LogP) is 2.52. The number of ether oxygens (including phenoxy) is 1. The van der Waals surface area contributed by atoms with Crippen LogP contribution in [-0.4, -0.2) is 36.1 Å². The lowest BCUT2D eigenvalue weighted by atomic mass is 10.0. The van der Waals surface area contributed by atoms with Crippen LogP contribution < -0.4 is 5.32 Å². The molecule has 20 heavy (non-hydrogen) atoms. The number of para-hydroxylation sites is 1. The molecule has 2 rings (SSSR count). The molecule has 0 saturated heterocycles. The number of hydrogen-bond acceptors (Lipinski definition) is 3. The van der Waals surface area contributed by atoms with Crippen molar-refractivity contribution < 1.29 is 4.74 Å². The molecule has 0 spiro atoms. The van der Waals surface area contributed by atoms with Crippen molar-refractivity contribution >= 4 is 10.9 Å². The molecule has 0 radical (unpaired) electrons. The molecule has 0 bridgehead atoms. The first-order chi connectivity index (χ1) is 9.76. The number of hydrogen-bond donors (Lipinski definition) is 1. The average Bonchev–Trinajstić information content (AvgIpc) is 2.79. The summed E-state index contributed by atoms with van der Waals surface area (Å²) < 4.78 is 7.38. The molecule has 0 aliphatic rings. The van der Waals surface area contributed by atoms with Crippen LogP contribution in [0, 0.1) is 0 Å². The van der Waals surface area contributed by atoms with Gasteiger partial charge in [0.25, 0.3) is 0 Å². The van der Waals surface area contributed by atoms with Gasteiger partial charge in [-0.1, -0.05) is 18.2 Å². The maximum absolute atomic E-state index is 5.41. The Morgan fingerprint density at radius 1 is 1.35 bits per heavy atom. The molecule has 1 atom stereocenters. The first-order valence-corrected chi connectivity index (χ1v) is 7.41. The SMILES string of the molecule is CCOCCCC(Cc1nn(C)c2ccccc12)NC. The minimum atomic E-state index is 0.453. The Morgan fingerprint density at radius 2 is 2.15 bits per heavy atom. The van der Waals surface area contributed by atoms with Gasteiger partial charge in [-0.05, 0) is 32.9 Å². The minimum absolute atomic E-state index is 0.453. The van der Waals surface area contributed by atoms with Crippen LogP contribution in [0.4, 0.5) is 0 Å². The van der Waals surface area contributed by atoms with Crippen molar-refractivity contribution in [2.45, 2.75) is 32.2 Å². The van der Waals surface area contributed by atoms with E-state index in [1.807, 2.05) is 25.7 Å². The van der Waals surface area contributed by atoms with E-state index in [1.54, 1.807) is 0 Å². The summed E-state index contributed by atoms with van der Waals surface area (Å²) >= 11 is 0. The lowest BCUT2D eigenvalue weighted by Crippen LogP contribution is -2.28. The summed E-state index contributed by atoms with van der Waals surface area (Å²) in [7, 11) is 4.03. The molecule has 1 aromatic heterocycles. The molecule has 110 valence electrons. The number of aryl methyl sites for hydroxylation is 1. The Bertz CT molecular complexity index is 536. The molecule has 0 fully saturated rings. The third-order valence-electron chi connectivity index (χ3n) is 3.73. The Kier molecular flexibility index (Phi) is 5.56. The Hall–Kier alpha value is -1.39. The van der Waals surface area contributed by atoms with Crippen molar-refractivity contribution in [1.82, 2.24) is 15.1 Å². The maximum atomic E-state index is 5.41. The van der Waals surface area contributed by atoms with Crippen molar-refractivity contribution in [3.63, 3.8) is 0 Å². The van der Waals surface area contributed by atoms with E-state index in [0.717, 1.165) is 32.5 Å². The van der Waals surface area contributed by atoms with Crippen LogP contribution in [0.2, 0.25) is 0 Å². The van der Waals surface area contributed by atoms with E-state index in [2.05, 4.69) is 34.7 Å². The predicted molar refractivity (Wildman–Crippen MR) is 83.0 cm³/mol. The number of nitrogens with zero attached hydrogens (tertiary/aromatic N) is 2. The van der Waals surface area contributed by atoms with Crippen LogP contribution in [-0.2, 0) is 18.2 Å². The Balaban J connectivity index is 2.02. The number of nitrogens with one attached hydrogen (secondary N) is 1. The van der Waals surface area contributed by atoms with Gasteiger partial charge >= 0.3 is 0 Å². The van der Waals surface area contributed by atoms with E-state index in [4.69, 9.17) is 4.74 Å². The fourth-order valence-electron chi connectivity index (χ4n) is 2.60. The number of fused-ring (bicyclic) bond motifs is 1. The molecule has 4 nitrogen and oxygen atoms in total. The molecule has 1 aromatic carbocycles. The van der Waals surface area contributed by atoms with Crippen molar-refractivity contribution in [3.8, 4) is 0 Å². The van der Waals surface area contributed by atoms with Gasteiger partial charge in [0, 0.05) is 38.1 Å². The lowest BCUT2D eigenvalue weighted by molar-refractivity contribution is 0.141. The van der Waals surface area contributed by atoms with Gasteiger partial charge in [0.1, 0.15) is 0 Å². The first-order valence-electron chi connectivity index (χ1n) is 7.41. The third-order valence-corrected chi connectivity index (χ3v) is 3.73. The van der Waals surface area contributed by atoms with E-state index < -0.39 is 0 Å². The quantitative estimate of drug-likeness (QED) is 0.752. The molecule has 4 heteroatoms. The topological polar surface area (TPSA) is 39.1 Å². The molecule has 0 aliphatic heterocycles. The average molecular weight is 275 g/mol. The first kappa shape index (κ1) is 15.0. The third kappa shape index (κ3) is 3.58. The zero-order valence-electron chi connectivity index (χ0n) is 12.7. The molecular weight excluding hydrogens is 250 g/mol. The summed E-state index contributed by atoms with van der Waals surface area (Å²) in [6.45, 7) is 3.68. The van der Waals surface area contributed by atoms with Gasteiger partial charge in [-0.3, -0.25) is 4.68 Å². The molecule has 2 aromatic rings. The van der Waals surface area contributed by atoms with Gasteiger partial charge in [-0.2, -0.15) is 5.10 Å². The van der Waals surface area contributed by atoms with Gasteiger partial charge < -0.3 is 10.1 Å². The lowest BCUT2D eigenvalue weighted by Gasteiger charge is -2.15. The monoisotopic (exact) mass is 275 g/mol. The standard InChI is InChI=1S/C16H25N3O/c1-4-20-11-7-8-13(17-2)12-15-14-9-5-6-10-16(14)19(3)18-15/h5-6,9-10,13,17H,4,7-8,11-12H2,1-3H3. The highest BCUT2D eigenvalue weighted by molar-refractivity contribution is 5.81. The van der Waals surface area contributed by atoms with Gasteiger partial charge in [-0.15, -0.1) is 0 Å².